The van der Waals surface area contributed by atoms with E-state index in [1.54, 1.807) is 13.2 Å². The third kappa shape index (κ3) is 5.24. The van der Waals surface area contributed by atoms with Gasteiger partial charge in [-0.25, -0.2) is 0 Å². The zero-order valence-corrected chi connectivity index (χ0v) is 13.0. The summed E-state index contributed by atoms with van der Waals surface area (Å²) in [5.74, 6) is 0.644. The molecule has 1 aromatic rings. The molecule has 0 heterocycles. The van der Waals surface area contributed by atoms with Gasteiger partial charge in [-0.1, -0.05) is 18.1 Å². The van der Waals surface area contributed by atoms with E-state index in [-0.39, 0.29) is 5.84 Å². The van der Waals surface area contributed by atoms with Crippen LogP contribution in [0.25, 0.3) is 0 Å². The molecule has 0 unspecified atom stereocenters. The molecule has 0 aliphatic carbocycles. The first-order chi connectivity index (χ1) is 10.2. The smallest absolute Gasteiger partial charge is 0.173 e. The van der Waals surface area contributed by atoms with Crippen molar-refractivity contribution >= 4 is 5.84 Å². The summed E-state index contributed by atoms with van der Waals surface area (Å²) in [7, 11) is 1.57. The molecule has 0 aliphatic heterocycles. The number of nitrogens with two attached hydrogens (primary N) is 1. The maximum absolute atomic E-state index is 8.77. The normalized spacial score (nSPS) is 11.9. The molecule has 21 heavy (non-hydrogen) atoms. The molecule has 0 bridgehead atoms. The van der Waals surface area contributed by atoms with Crippen molar-refractivity contribution in [1.82, 2.24) is 4.90 Å². The zero-order chi connectivity index (χ0) is 15.7. The van der Waals surface area contributed by atoms with Gasteiger partial charge in [-0.3, -0.25) is 4.90 Å². The van der Waals surface area contributed by atoms with Crippen molar-refractivity contribution in [2.24, 2.45) is 10.9 Å². The molecular formula is C15H25N3O3. The molecule has 118 valence electrons. The number of ether oxygens (including phenoxy) is 2. The van der Waals surface area contributed by atoms with Crippen LogP contribution in [-0.2, 0) is 11.3 Å². The van der Waals surface area contributed by atoms with Gasteiger partial charge in [0.25, 0.3) is 0 Å². The highest BCUT2D eigenvalue weighted by Crippen LogP contribution is 2.21. The van der Waals surface area contributed by atoms with Crippen molar-refractivity contribution < 1.29 is 14.7 Å². The molecule has 0 saturated heterocycles. The SMILES string of the molecule is CCOCCN(CC)Cc1ccc(/C(N)=N/O)c(OC)c1. The van der Waals surface area contributed by atoms with E-state index in [0.717, 1.165) is 38.4 Å². The van der Waals surface area contributed by atoms with E-state index < -0.39 is 0 Å². The number of benzene rings is 1. The molecule has 0 aromatic heterocycles. The molecule has 0 atom stereocenters. The number of oxime groups is 1. The van der Waals surface area contributed by atoms with Gasteiger partial charge in [0.15, 0.2) is 5.84 Å². The van der Waals surface area contributed by atoms with E-state index in [1.807, 2.05) is 19.1 Å². The number of hydrogen-bond donors (Lipinski definition) is 2. The van der Waals surface area contributed by atoms with E-state index in [1.165, 1.54) is 0 Å². The van der Waals surface area contributed by atoms with Gasteiger partial charge in [0.05, 0.1) is 19.3 Å². The summed E-state index contributed by atoms with van der Waals surface area (Å²) >= 11 is 0. The van der Waals surface area contributed by atoms with Crippen molar-refractivity contribution in [3.63, 3.8) is 0 Å². The van der Waals surface area contributed by atoms with Gasteiger partial charge in [0.1, 0.15) is 5.75 Å². The lowest BCUT2D eigenvalue weighted by atomic mass is 10.1. The molecule has 0 amide bonds. The summed E-state index contributed by atoms with van der Waals surface area (Å²) in [4.78, 5) is 2.29. The highest BCUT2D eigenvalue weighted by molar-refractivity contribution is 5.99. The van der Waals surface area contributed by atoms with Crippen LogP contribution in [0.4, 0.5) is 0 Å². The maximum Gasteiger partial charge on any atom is 0.173 e. The Morgan fingerprint density at radius 3 is 2.71 bits per heavy atom. The fourth-order valence-electron chi connectivity index (χ4n) is 2.04. The van der Waals surface area contributed by atoms with Crippen LogP contribution in [0.3, 0.4) is 0 Å². The maximum atomic E-state index is 8.77. The Balaban J connectivity index is 2.79. The largest absolute Gasteiger partial charge is 0.496 e. The third-order valence-electron chi connectivity index (χ3n) is 3.26. The predicted octanol–water partition coefficient (Wildman–Crippen LogP) is 1.65. The first-order valence-corrected chi connectivity index (χ1v) is 7.11. The van der Waals surface area contributed by atoms with Crippen LogP contribution in [0.15, 0.2) is 23.4 Å². The summed E-state index contributed by atoms with van der Waals surface area (Å²) in [6.45, 7) is 8.20. The standard InChI is InChI=1S/C15H25N3O3/c1-4-18(8-9-21-5-2)11-12-6-7-13(15(16)17-19)14(10-12)20-3/h6-7,10,19H,4-5,8-9,11H2,1-3H3,(H2,16,17). The summed E-state index contributed by atoms with van der Waals surface area (Å²) in [6, 6.07) is 5.68. The fourth-order valence-corrected chi connectivity index (χ4v) is 2.04. The van der Waals surface area contributed by atoms with Gasteiger partial charge < -0.3 is 20.4 Å². The number of hydrogen-bond acceptors (Lipinski definition) is 5. The van der Waals surface area contributed by atoms with E-state index in [2.05, 4.69) is 17.0 Å². The van der Waals surface area contributed by atoms with Crippen LogP contribution in [0, 0.1) is 0 Å². The van der Waals surface area contributed by atoms with Crippen molar-refractivity contribution in [3.05, 3.63) is 29.3 Å². The van der Waals surface area contributed by atoms with Crippen molar-refractivity contribution in [2.75, 3.05) is 33.4 Å². The van der Waals surface area contributed by atoms with Crippen LogP contribution >= 0.6 is 0 Å². The molecule has 6 heteroatoms. The Morgan fingerprint density at radius 1 is 1.38 bits per heavy atom. The number of rotatable bonds is 9. The Morgan fingerprint density at radius 2 is 2.14 bits per heavy atom. The first-order valence-electron chi connectivity index (χ1n) is 7.11. The zero-order valence-electron chi connectivity index (χ0n) is 13.0. The minimum atomic E-state index is 0.0436. The lowest BCUT2D eigenvalue weighted by Gasteiger charge is -2.21. The minimum absolute atomic E-state index is 0.0436. The summed E-state index contributed by atoms with van der Waals surface area (Å²) in [5, 5.41) is 11.8. The molecule has 6 nitrogen and oxygen atoms in total. The molecule has 0 spiro atoms. The van der Waals surface area contributed by atoms with Gasteiger partial charge in [-0.15, -0.1) is 0 Å². The fraction of sp³-hybridized carbons (Fsp3) is 0.533. The van der Waals surface area contributed by atoms with E-state index in [9.17, 15) is 0 Å². The Bertz CT molecular complexity index is 463. The Labute approximate surface area is 126 Å². The quantitative estimate of drug-likeness (QED) is 0.238. The van der Waals surface area contributed by atoms with Crippen LogP contribution in [0.1, 0.15) is 25.0 Å². The van der Waals surface area contributed by atoms with Crippen LogP contribution in [0.5, 0.6) is 5.75 Å². The van der Waals surface area contributed by atoms with Crippen LogP contribution < -0.4 is 10.5 Å². The number of likely N-dealkylation sites (N-methyl/N-ethyl adjacent to an activating group) is 1. The second-order valence-electron chi connectivity index (χ2n) is 4.59. The molecule has 3 N–H and O–H groups in total. The molecule has 0 radical (unpaired) electrons. The lowest BCUT2D eigenvalue weighted by Crippen LogP contribution is -2.27. The van der Waals surface area contributed by atoms with Crippen LogP contribution in [0.2, 0.25) is 0 Å². The molecular weight excluding hydrogens is 270 g/mol. The average molecular weight is 295 g/mol. The van der Waals surface area contributed by atoms with Gasteiger partial charge in [0, 0.05) is 19.7 Å². The molecule has 0 fully saturated rings. The Hall–Kier alpha value is -1.79. The molecule has 1 rings (SSSR count). The minimum Gasteiger partial charge on any atom is -0.496 e. The molecule has 1 aromatic carbocycles. The molecule has 0 saturated carbocycles. The van der Waals surface area contributed by atoms with Gasteiger partial charge in [-0.2, -0.15) is 0 Å². The van der Waals surface area contributed by atoms with E-state index in [4.69, 9.17) is 20.4 Å². The summed E-state index contributed by atoms with van der Waals surface area (Å²) in [5.41, 5.74) is 7.32. The second-order valence-corrected chi connectivity index (χ2v) is 4.59. The number of methoxy groups -OCH3 is 1. The summed E-state index contributed by atoms with van der Waals surface area (Å²) in [6.07, 6.45) is 0. The monoisotopic (exact) mass is 295 g/mol. The second kappa shape index (κ2) is 9.20. The van der Waals surface area contributed by atoms with Crippen molar-refractivity contribution in [1.29, 1.82) is 0 Å². The van der Waals surface area contributed by atoms with Gasteiger partial charge in [0.2, 0.25) is 0 Å². The van der Waals surface area contributed by atoms with E-state index >= 15 is 0 Å². The van der Waals surface area contributed by atoms with Crippen molar-refractivity contribution in [3.8, 4) is 5.75 Å². The summed E-state index contributed by atoms with van der Waals surface area (Å²) < 4.78 is 10.7. The van der Waals surface area contributed by atoms with E-state index in [0.29, 0.717) is 11.3 Å². The average Bonchev–Trinajstić information content (AvgIpc) is 2.53. The van der Waals surface area contributed by atoms with Gasteiger partial charge >= 0.3 is 0 Å². The highest BCUT2D eigenvalue weighted by atomic mass is 16.5. The first kappa shape index (κ1) is 17.3. The highest BCUT2D eigenvalue weighted by Gasteiger charge is 2.10. The Kier molecular flexibility index (Phi) is 7.56. The topological polar surface area (TPSA) is 80.3 Å². The number of nitrogens with zero attached hydrogens (tertiary/aromatic N) is 2. The molecule has 0 aliphatic rings. The third-order valence-corrected chi connectivity index (χ3v) is 3.26. The predicted molar refractivity (Wildman–Crippen MR) is 82.9 cm³/mol. The number of amidine groups is 1. The van der Waals surface area contributed by atoms with Gasteiger partial charge in [-0.05, 0) is 31.2 Å². The van der Waals surface area contributed by atoms with Crippen molar-refractivity contribution in [2.45, 2.75) is 20.4 Å². The lowest BCUT2D eigenvalue weighted by molar-refractivity contribution is 0.113. The van der Waals surface area contributed by atoms with Crippen LogP contribution in [-0.4, -0.2) is 49.4 Å².